The Labute approximate surface area is 134 Å². The number of hydrogen-bond donors (Lipinski definition) is 2. The van der Waals surface area contributed by atoms with E-state index in [0.29, 0.717) is 30.3 Å². The van der Waals surface area contributed by atoms with Crippen LogP contribution < -0.4 is 5.73 Å². The van der Waals surface area contributed by atoms with Gasteiger partial charge in [0.1, 0.15) is 4.88 Å². The maximum Gasteiger partial charge on any atom is 0.266 e. The van der Waals surface area contributed by atoms with Crippen LogP contribution in [0.5, 0.6) is 0 Å². The molecule has 0 spiro atoms. The van der Waals surface area contributed by atoms with Crippen LogP contribution in [0.3, 0.4) is 0 Å². The summed E-state index contributed by atoms with van der Waals surface area (Å²) in [7, 11) is 0. The third-order valence-corrected chi connectivity index (χ3v) is 5.18. The van der Waals surface area contributed by atoms with Gasteiger partial charge in [-0.2, -0.15) is 0 Å². The van der Waals surface area contributed by atoms with E-state index in [2.05, 4.69) is 15.9 Å². The fourth-order valence-electron chi connectivity index (χ4n) is 2.41. The molecule has 2 heterocycles. The van der Waals surface area contributed by atoms with E-state index < -0.39 is 0 Å². The number of aliphatic hydroxyl groups is 1. The number of aliphatic hydroxyl groups excluding tert-OH is 1. The lowest BCUT2D eigenvalue weighted by atomic mass is 10.2. The normalized spacial score (nSPS) is 19.1. The van der Waals surface area contributed by atoms with Gasteiger partial charge < -0.3 is 20.5 Å². The number of rotatable bonds is 2. The number of fused-ring (bicyclic) bond motifs is 1. The van der Waals surface area contributed by atoms with Gasteiger partial charge in [-0.1, -0.05) is 15.9 Å². The highest BCUT2D eigenvalue weighted by atomic mass is 79.9. The zero-order valence-corrected chi connectivity index (χ0v) is 13.6. The number of carbonyl (C=O) groups excluding carboxylic acids is 1. The minimum Gasteiger partial charge on any atom is -0.397 e. The first-order valence-electron chi connectivity index (χ1n) is 6.59. The van der Waals surface area contributed by atoms with Crippen molar-refractivity contribution in [3.8, 4) is 0 Å². The molecule has 1 saturated heterocycles. The molecule has 1 aromatic heterocycles. The maximum absolute atomic E-state index is 12.6. The first-order valence-corrected chi connectivity index (χ1v) is 8.20. The molecule has 0 radical (unpaired) electrons. The molecule has 1 aliphatic heterocycles. The minimum atomic E-state index is -0.313. The first-order chi connectivity index (χ1) is 10.1. The zero-order valence-electron chi connectivity index (χ0n) is 11.2. The average molecular weight is 371 g/mol. The molecule has 1 aliphatic rings. The molecule has 7 heteroatoms. The van der Waals surface area contributed by atoms with Crippen molar-refractivity contribution in [2.45, 2.75) is 6.10 Å². The van der Waals surface area contributed by atoms with Gasteiger partial charge in [-0.05, 0) is 18.2 Å². The van der Waals surface area contributed by atoms with E-state index in [1.54, 1.807) is 4.90 Å². The number of ether oxygens (including phenoxy) is 1. The Kier molecular flexibility index (Phi) is 4.17. The highest BCUT2D eigenvalue weighted by Gasteiger charge is 2.27. The van der Waals surface area contributed by atoms with Crippen LogP contribution in [-0.2, 0) is 4.74 Å². The van der Waals surface area contributed by atoms with Crippen molar-refractivity contribution in [1.29, 1.82) is 0 Å². The third-order valence-electron chi connectivity index (χ3n) is 3.51. The molecule has 1 aromatic carbocycles. The summed E-state index contributed by atoms with van der Waals surface area (Å²) in [6, 6.07) is 5.81. The van der Waals surface area contributed by atoms with Crippen LogP contribution in [0, 0.1) is 0 Å². The molecular formula is C14H15BrN2O3S. The second kappa shape index (κ2) is 5.92. The Balaban J connectivity index is 1.92. The summed E-state index contributed by atoms with van der Waals surface area (Å²) in [5.74, 6) is -0.0911. The van der Waals surface area contributed by atoms with Gasteiger partial charge in [0.05, 0.1) is 25.0 Å². The van der Waals surface area contributed by atoms with Crippen molar-refractivity contribution >= 4 is 48.9 Å². The standard InChI is InChI=1S/C14H15BrN2O3S/c15-8-1-2-11-10(5-8)12(16)13(21-11)14(19)17-3-4-20-9(6-17)7-18/h1-2,5,9,18H,3-4,6-7,16H2. The Morgan fingerprint density at radius 1 is 1.57 bits per heavy atom. The Hall–Kier alpha value is -1.15. The largest absolute Gasteiger partial charge is 0.397 e. The number of thiophene rings is 1. The van der Waals surface area contributed by atoms with E-state index in [0.717, 1.165) is 14.6 Å². The molecule has 0 aliphatic carbocycles. The van der Waals surface area contributed by atoms with Gasteiger partial charge >= 0.3 is 0 Å². The average Bonchev–Trinajstić information content (AvgIpc) is 2.83. The summed E-state index contributed by atoms with van der Waals surface area (Å²) in [6.07, 6.45) is -0.313. The molecule has 21 heavy (non-hydrogen) atoms. The highest BCUT2D eigenvalue weighted by molar-refractivity contribution is 9.10. The van der Waals surface area contributed by atoms with Crippen LogP contribution in [0.15, 0.2) is 22.7 Å². The molecule has 3 N–H and O–H groups in total. The number of benzene rings is 1. The van der Waals surface area contributed by atoms with E-state index in [1.807, 2.05) is 18.2 Å². The first kappa shape index (κ1) is 14.8. The summed E-state index contributed by atoms with van der Waals surface area (Å²) < 4.78 is 7.30. The summed E-state index contributed by atoms with van der Waals surface area (Å²) in [5.41, 5.74) is 6.67. The molecule has 112 valence electrons. The molecule has 1 amide bonds. The van der Waals surface area contributed by atoms with Gasteiger partial charge in [0, 0.05) is 27.6 Å². The van der Waals surface area contributed by atoms with Crippen molar-refractivity contribution in [3.63, 3.8) is 0 Å². The van der Waals surface area contributed by atoms with E-state index in [4.69, 9.17) is 10.5 Å². The van der Waals surface area contributed by atoms with Crippen molar-refractivity contribution in [2.75, 3.05) is 32.0 Å². The monoisotopic (exact) mass is 370 g/mol. The predicted octanol–water partition coefficient (Wildman–Crippen LogP) is 2.08. The fraction of sp³-hybridized carbons (Fsp3) is 0.357. The van der Waals surface area contributed by atoms with Gasteiger partial charge in [-0.3, -0.25) is 4.79 Å². The van der Waals surface area contributed by atoms with Gasteiger partial charge in [0.2, 0.25) is 0 Å². The SMILES string of the molecule is Nc1c(C(=O)N2CCOC(CO)C2)sc2ccc(Br)cc12. The highest BCUT2D eigenvalue weighted by Crippen LogP contribution is 2.36. The second-order valence-electron chi connectivity index (χ2n) is 4.91. The minimum absolute atomic E-state index is 0.0847. The van der Waals surface area contributed by atoms with Crippen molar-refractivity contribution < 1.29 is 14.6 Å². The van der Waals surface area contributed by atoms with Crippen LogP contribution >= 0.6 is 27.3 Å². The van der Waals surface area contributed by atoms with E-state index >= 15 is 0 Å². The van der Waals surface area contributed by atoms with Crippen LogP contribution in [0.2, 0.25) is 0 Å². The third kappa shape index (κ3) is 2.78. The van der Waals surface area contributed by atoms with Crippen molar-refractivity contribution in [3.05, 3.63) is 27.5 Å². The smallest absolute Gasteiger partial charge is 0.266 e. The summed E-state index contributed by atoms with van der Waals surface area (Å²) in [5, 5.41) is 10.1. The molecule has 1 atom stereocenters. The number of morpholine rings is 1. The van der Waals surface area contributed by atoms with Gasteiger partial charge in [-0.15, -0.1) is 11.3 Å². The lowest BCUT2D eigenvalue weighted by molar-refractivity contribution is -0.0445. The Morgan fingerprint density at radius 3 is 3.14 bits per heavy atom. The van der Waals surface area contributed by atoms with Crippen LogP contribution in [0.1, 0.15) is 9.67 Å². The number of amides is 1. The number of anilines is 1. The number of halogens is 1. The fourth-order valence-corrected chi connectivity index (χ4v) is 3.84. The number of hydrogen-bond acceptors (Lipinski definition) is 5. The predicted molar refractivity (Wildman–Crippen MR) is 86.7 cm³/mol. The van der Waals surface area contributed by atoms with Gasteiger partial charge in [-0.25, -0.2) is 0 Å². The Morgan fingerprint density at radius 2 is 2.38 bits per heavy atom. The number of nitrogen functional groups attached to an aromatic ring is 1. The van der Waals surface area contributed by atoms with Gasteiger partial charge in [0.15, 0.2) is 0 Å². The van der Waals surface area contributed by atoms with Crippen LogP contribution in [-0.4, -0.2) is 48.3 Å². The van der Waals surface area contributed by atoms with Crippen molar-refractivity contribution in [1.82, 2.24) is 4.90 Å². The second-order valence-corrected chi connectivity index (χ2v) is 6.88. The molecule has 5 nitrogen and oxygen atoms in total. The molecule has 3 rings (SSSR count). The lowest BCUT2D eigenvalue weighted by Gasteiger charge is -2.31. The van der Waals surface area contributed by atoms with E-state index in [9.17, 15) is 9.90 Å². The maximum atomic E-state index is 12.6. The zero-order chi connectivity index (χ0) is 15.0. The quantitative estimate of drug-likeness (QED) is 0.848. The molecule has 0 bridgehead atoms. The van der Waals surface area contributed by atoms with Crippen LogP contribution in [0.4, 0.5) is 5.69 Å². The number of carbonyl (C=O) groups is 1. The number of nitrogens with zero attached hydrogens (tertiary/aromatic N) is 1. The molecule has 1 fully saturated rings. The van der Waals surface area contributed by atoms with E-state index in [-0.39, 0.29) is 18.6 Å². The topological polar surface area (TPSA) is 75.8 Å². The van der Waals surface area contributed by atoms with Gasteiger partial charge in [0.25, 0.3) is 5.91 Å². The molecular weight excluding hydrogens is 356 g/mol. The summed E-state index contributed by atoms with van der Waals surface area (Å²) in [6.45, 7) is 1.27. The molecule has 0 saturated carbocycles. The Bertz CT molecular complexity index is 688. The van der Waals surface area contributed by atoms with E-state index in [1.165, 1.54) is 11.3 Å². The molecule has 1 unspecified atom stereocenters. The lowest BCUT2D eigenvalue weighted by Crippen LogP contribution is -2.46. The van der Waals surface area contributed by atoms with Crippen LogP contribution in [0.25, 0.3) is 10.1 Å². The summed E-state index contributed by atoms with van der Waals surface area (Å²) in [4.78, 5) is 14.9. The summed E-state index contributed by atoms with van der Waals surface area (Å²) >= 11 is 4.82. The molecule has 2 aromatic rings. The number of nitrogens with two attached hydrogens (primary N) is 1. The van der Waals surface area contributed by atoms with Crippen molar-refractivity contribution in [2.24, 2.45) is 0 Å².